The van der Waals surface area contributed by atoms with E-state index in [0.717, 1.165) is 24.8 Å². The fourth-order valence-electron chi connectivity index (χ4n) is 4.64. The molecule has 0 unspecified atom stereocenters. The van der Waals surface area contributed by atoms with Crippen molar-refractivity contribution in [3.63, 3.8) is 0 Å². The molecule has 312 valence electrons. The molecule has 0 amide bonds. The third kappa shape index (κ3) is 11.8. The zero-order chi connectivity index (χ0) is 43.7. The minimum atomic E-state index is -2.60. The Morgan fingerprint density at radius 1 is 0.467 bits per heavy atom. The second kappa shape index (κ2) is 20.6. The fourth-order valence-corrected chi connectivity index (χ4v) is 5.87. The van der Waals surface area contributed by atoms with Crippen LogP contribution >= 0.6 is 55.1 Å². The van der Waals surface area contributed by atoms with E-state index in [0.29, 0.717) is 20.2 Å². The van der Waals surface area contributed by atoms with Crippen molar-refractivity contribution in [3.05, 3.63) is 117 Å². The van der Waals surface area contributed by atoms with Gasteiger partial charge in [-0.05, 0) is 56.1 Å². The van der Waals surface area contributed by atoms with Gasteiger partial charge in [0, 0.05) is 21.5 Å². The molecule has 2 N–H and O–H groups in total. The third-order valence-corrected chi connectivity index (χ3v) is 8.91. The summed E-state index contributed by atoms with van der Waals surface area (Å²) < 4.78 is 111. The van der Waals surface area contributed by atoms with Crippen LogP contribution in [0.3, 0.4) is 0 Å². The van der Waals surface area contributed by atoms with Crippen LogP contribution in [0.2, 0.25) is 10.3 Å². The highest BCUT2D eigenvalue weighted by Gasteiger charge is 2.13. The van der Waals surface area contributed by atoms with Crippen LogP contribution in [-0.4, -0.2) is 76.1 Å². The molecule has 12 nitrogen and oxygen atoms in total. The molecular formula is C36H20Br2Cl2F8N8O4. The summed E-state index contributed by atoms with van der Waals surface area (Å²) in [4.78, 5) is 29.9. The van der Waals surface area contributed by atoms with Crippen LogP contribution in [0.1, 0.15) is 0 Å². The molecule has 8 rings (SSSR count). The van der Waals surface area contributed by atoms with E-state index in [2.05, 4.69) is 71.7 Å². The number of pyridine rings is 8. The lowest BCUT2D eigenvalue weighted by Crippen LogP contribution is -2.07. The fraction of sp³-hybridized carbons (Fsp3) is 0.111. The molecule has 0 fully saturated rings. The van der Waals surface area contributed by atoms with E-state index in [1.54, 1.807) is 0 Å². The largest absolute Gasteiger partial charge is 0.506 e. The van der Waals surface area contributed by atoms with Gasteiger partial charge in [-0.15, -0.1) is 0 Å². The van der Waals surface area contributed by atoms with Crippen molar-refractivity contribution in [1.82, 2.24) is 39.9 Å². The molecule has 0 saturated heterocycles. The maximum Gasteiger partial charge on any atom is 0.272 e. The number of aromatic hydroxyl groups is 2. The summed E-state index contributed by atoms with van der Waals surface area (Å²) in [5.41, 5.74) is 1.13. The van der Waals surface area contributed by atoms with Gasteiger partial charge in [-0.25, -0.2) is 75.0 Å². The highest BCUT2D eigenvalue weighted by molar-refractivity contribution is 9.10. The maximum absolute atomic E-state index is 13.4. The van der Waals surface area contributed by atoms with E-state index in [-0.39, 0.29) is 65.9 Å². The van der Waals surface area contributed by atoms with E-state index in [1.165, 1.54) is 49.1 Å². The normalized spacial score (nSPS) is 10.9. The predicted octanol–water partition coefficient (Wildman–Crippen LogP) is 10.6. The van der Waals surface area contributed by atoms with Crippen LogP contribution in [0.25, 0.3) is 43.6 Å². The van der Waals surface area contributed by atoms with Crippen LogP contribution in [0, 0.1) is 23.3 Å². The predicted molar refractivity (Wildman–Crippen MR) is 210 cm³/mol. The quantitative estimate of drug-likeness (QED) is 0.120. The number of fused-ring (bicyclic) bond motifs is 4. The van der Waals surface area contributed by atoms with Crippen LogP contribution < -0.4 is 9.47 Å². The molecule has 0 bridgehead atoms. The average Bonchev–Trinajstić information content (AvgIpc) is 3.22. The molecule has 0 atom stereocenters. The molecular weight excluding hydrogens is 991 g/mol. The third-order valence-electron chi connectivity index (χ3n) is 7.20. The van der Waals surface area contributed by atoms with Gasteiger partial charge >= 0.3 is 0 Å². The van der Waals surface area contributed by atoms with E-state index >= 15 is 0 Å². The van der Waals surface area contributed by atoms with Gasteiger partial charge in [0.05, 0.1) is 49.6 Å². The first kappa shape index (κ1) is 45.5. The lowest BCUT2D eigenvalue weighted by molar-refractivity contribution is 0.0816. The molecule has 0 radical (unpaired) electrons. The lowest BCUT2D eigenvalue weighted by Gasteiger charge is -2.06. The molecule has 0 aliphatic rings. The number of nitrogens with zero attached hydrogens (tertiary/aromatic N) is 8. The number of alkyl halides is 4. The zero-order valence-corrected chi connectivity index (χ0v) is 34.0. The highest BCUT2D eigenvalue weighted by atomic mass is 79.9. The van der Waals surface area contributed by atoms with E-state index in [1.807, 2.05) is 0 Å². The van der Waals surface area contributed by atoms with Gasteiger partial charge in [0.25, 0.3) is 12.9 Å². The van der Waals surface area contributed by atoms with Crippen LogP contribution in [-0.2, 0) is 0 Å². The minimum Gasteiger partial charge on any atom is -0.506 e. The highest BCUT2D eigenvalue weighted by Crippen LogP contribution is 2.28. The average molecular weight is 1010 g/mol. The van der Waals surface area contributed by atoms with Gasteiger partial charge in [0.15, 0.2) is 33.6 Å². The number of hydrogen-bond acceptors (Lipinski definition) is 12. The Balaban J connectivity index is 0.000000153. The van der Waals surface area contributed by atoms with Gasteiger partial charge in [0.2, 0.25) is 0 Å². The van der Waals surface area contributed by atoms with Gasteiger partial charge in [-0.2, -0.15) is 0 Å². The molecule has 0 spiro atoms. The van der Waals surface area contributed by atoms with Crippen molar-refractivity contribution in [2.45, 2.75) is 12.9 Å². The molecule has 0 aliphatic heterocycles. The first-order valence-corrected chi connectivity index (χ1v) is 18.4. The summed E-state index contributed by atoms with van der Waals surface area (Å²) in [6.45, 7) is -1.52. The standard InChI is InChI=1S/C10H6BrF3N2O.C10H6ClF3N2O.C8H4BrFN2O.C8H4ClFN2O/c2*11-10-9-6(7(12)3-16-10)1-5(2-15-9)17-4-8(13)14;2*9-8-7-5(6(10)3-12-8)1-4(13)2-11-7/h2*1-3,8H,4H2;2*1-3,13H. The molecule has 0 aliphatic carbocycles. The summed E-state index contributed by atoms with van der Waals surface area (Å²) in [6.07, 6.45) is 3.71. The molecule has 8 aromatic heterocycles. The van der Waals surface area contributed by atoms with Crippen LogP contribution in [0.15, 0.2) is 83.0 Å². The Labute approximate surface area is 357 Å². The summed E-state index contributed by atoms with van der Waals surface area (Å²) in [7, 11) is 0. The molecule has 0 saturated carbocycles. The van der Waals surface area contributed by atoms with Crippen molar-refractivity contribution in [1.29, 1.82) is 0 Å². The molecule has 24 heteroatoms. The van der Waals surface area contributed by atoms with Crippen molar-refractivity contribution in [2.24, 2.45) is 0 Å². The summed E-state index contributed by atoms with van der Waals surface area (Å²) in [5, 5.41) is 19.0. The molecule has 8 heterocycles. The zero-order valence-electron chi connectivity index (χ0n) is 29.3. The minimum absolute atomic E-state index is 0.0433. The number of hydrogen-bond donors (Lipinski definition) is 2. The van der Waals surface area contributed by atoms with Crippen molar-refractivity contribution >= 4 is 98.7 Å². The Morgan fingerprint density at radius 3 is 1.20 bits per heavy atom. The Bertz CT molecular complexity index is 2620. The second-order valence-electron chi connectivity index (χ2n) is 11.3. The van der Waals surface area contributed by atoms with Crippen molar-refractivity contribution in [2.75, 3.05) is 13.2 Å². The van der Waals surface area contributed by atoms with E-state index in [9.17, 15) is 35.1 Å². The molecule has 60 heavy (non-hydrogen) atoms. The number of rotatable bonds is 6. The summed E-state index contributed by atoms with van der Waals surface area (Å²) >= 11 is 17.6. The van der Waals surface area contributed by atoms with Gasteiger partial charge < -0.3 is 19.7 Å². The van der Waals surface area contributed by atoms with Gasteiger partial charge in [-0.1, -0.05) is 23.2 Å². The Kier molecular flexibility index (Phi) is 15.6. The topological polar surface area (TPSA) is 162 Å². The van der Waals surface area contributed by atoms with Crippen LogP contribution in [0.4, 0.5) is 35.1 Å². The SMILES string of the molecule is Fc1cnc(Br)c2ncc(OCC(F)F)cc12.Fc1cnc(Cl)c2ncc(OCC(F)F)cc12.Oc1cnc2c(Br)ncc(F)c2c1.Oc1cnc2c(Cl)ncc(F)c2c1. The molecule has 0 aromatic carbocycles. The van der Waals surface area contributed by atoms with E-state index in [4.69, 9.17) is 42.9 Å². The second-order valence-corrected chi connectivity index (χ2v) is 13.5. The number of halogens is 12. The number of ether oxygens (including phenoxy) is 2. The van der Waals surface area contributed by atoms with Crippen molar-refractivity contribution in [3.8, 4) is 23.0 Å². The first-order valence-electron chi connectivity index (χ1n) is 16.1. The maximum atomic E-state index is 13.4. The molecule has 8 aromatic rings. The lowest BCUT2D eigenvalue weighted by atomic mass is 10.2. The van der Waals surface area contributed by atoms with E-state index < -0.39 is 49.3 Å². The summed E-state index contributed by atoms with van der Waals surface area (Å²) in [5.74, 6) is -2.30. The van der Waals surface area contributed by atoms with Gasteiger partial charge in [0.1, 0.15) is 67.5 Å². The first-order chi connectivity index (χ1) is 28.5. The Morgan fingerprint density at radius 2 is 0.783 bits per heavy atom. The van der Waals surface area contributed by atoms with Gasteiger partial charge in [-0.3, -0.25) is 0 Å². The Hall–Kier alpha value is -5.58. The number of aromatic nitrogens is 8. The van der Waals surface area contributed by atoms with Crippen LogP contribution in [0.5, 0.6) is 23.0 Å². The monoisotopic (exact) mass is 1010 g/mol. The smallest absolute Gasteiger partial charge is 0.272 e. The summed E-state index contributed by atoms with van der Waals surface area (Å²) in [6, 6.07) is 5.13. The van der Waals surface area contributed by atoms with Crippen molar-refractivity contribution < 1.29 is 54.8 Å².